The summed E-state index contributed by atoms with van der Waals surface area (Å²) in [6, 6.07) is 4.89. The molecule has 1 aliphatic carbocycles. The van der Waals surface area contributed by atoms with E-state index in [9.17, 15) is 18.9 Å². The van der Waals surface area contributed by atoms with Crippen LogP contribution in [0.3, 0.4) is 0 Å². The summed E-state index contributed by atoms with van der Waals surface area (Å²) in [5, 5.41) is 7.43. The van der Waals surface area contributed by atoms with Crippen LogP contribution in [0.2, 0.25) is 0 Å². The zero-order chi connectivity index (χ0) is 27.2. The zero-order valence-corrected chi connectivity index (χ0v) is 23.4. The van der Waals surface area contributed by atoms with Gasteiger partial charge in [-0.1, -0.05) is 25.8 Å². The van der Waals surface area contributed by atoms with E-state index in [0.717, 1.165) is 40.6 Å². The number of aryl methyl sites for hydroxylation is 1. The Kier molecular flexibility index (Phi) is 7.17. The quantitative estimate of drug-likeness (QED) is 0.438. The number of aliphatic imine (C=N–C) groups is 1. The van der Waals surface area contributed by atoms with Gasteiger partial charge in [0.2, 0.25) is 0 Å². The van der Waals surface area contributed by atoms with Crippen molar-refractivity contribution >= 4 is 46.8 Å². The van der Waals surface area contributed by atoms with E-state index in [2.05, 4.69) is 17.6 Å². The van der Waals surface area contributed by atoms with E-state index in [1.807, 2.05) is 17.3 Å². The van der Waals surface area contributed by atoms with Crippen LogP contribution in [0.15, 0.2) is 28.6 Å². The third kappa shape index (κ3) is 5.01. The van der Waals surface area contributed by atoms with Gasteiger partial charge in [0.25, 0.3) is 11.8 Å². The number of imide groups is 1. The predicted molar refractivity (Wildman–Crippen MR) is 149 cm³/mol. The standard InChI is InChI=1S/C28H37N5O4S/c1-18-5-7-21(8-6-18)23-29-24(34)28(30-23)12-14-32(15-13-28)38(37)16-11-20-9-10-22(17-19(20)2)33-25(35)27(3,4)31-26(33)36/h9-11,16-18,21H,5-8,12-15H2,1-4H3,(H,31,36)(H,29,30,34)/b16-11+/t18?,21?,38-/m0/s1. The maximum atomic E-state index is 13.1. The number of urea groups is 1. The van der Waals surface area contributed by atoms with Crippen molar-refractivity contribution in [2.24, 2.45) is 16.8 Å². The minimum Gasteiger partial charge on any atom is -0.593 e. The molecule has 38 heavy (non-hydrogen) atoms. The summed E-state index contributed by atoms with van der Waals surface area (Å²) in [5.41, 5.74) is 0.568. The highest BCUT2D eigenvalue weighted by atomic mass is 32.2. The molecule has 2 saturated heterocycles. The Morgan fingerprint density at radius 2 is 1.79 bits per heavy atom. The Morgan fingerprint density at radius 3 is 2.39 bits per heavy atom. The van der Waals surface area contributed by atoms with Crippen LogP contribution in [0.4, 0.5) is 10.5 Å². The van der Waals surface area contributed by atoms with Gasteiger partial charge in [-0.05, 0) is 81.7 Å². The Morgan fingerprint density at radius 1 is 1.11 bits per heavy atom. The fourth-order valence-corrected chi connectivity index (χ4v) is 6.81. The number of benzene rings is 1. The molecule has 0 radical (unpaired) electrons. The summed E-state index contributed by atoms with van der Waals surface area (Å²) in [6.45, 7) is 8.59. The molecule has 9 nitrogen and oxygen atoms in total. The van der Waals surface area contributed by atoms with Crippen molar-refractivity contribution in [3.05, 3.63) is 34.7 Å². The average molecular weight is 540 g/mol. The summed E-state index contributed by atoms with van der Waals surface area (Å²) in [7, 11) is 0. The summed E-state index contributed by atoms with van der Waals surface area (Å²) < 4.78 is 14.9. The molecule has 204 valence electrons. The van der Waals surface area contributed by atoms with Gasteiger partial charge in [-0.15, -0.1) is 4.31 Å². The van der Waals surface area contributed by atoms with Gasteiger partial charge in [-0.2, -0.15) is 0 Å². The lowest BCUT2D eigenvalue weighted by Gasteiger charge is -2.34. The molecule has 2 N–H and O–H groups in total. The smallest absolute Gasteiger partial charge is 0.329 e. The Bertz CT molecular complexity index is 1200. The average Bonchev–Trinajstić information content (AvgIpc) is 3.29. The minimum atomic E-state index is -1.35. The summed E-state index contributed by atoms with van der Waals surface area (Å²) in [4.78, 5) is 43.9. The fraction of sp³-hybridized carbons (Fsp3) is 0.571. The second kappa shape index (κ2) is 10.1. The number of piperidine rings is 1. The summed E-state index contributed by atoms with van der Waals surface area (Å²) in [6.07, 6.45) is 7.43. The molecule has 3 heterocycles. The van der Waals surface area contributed by atoms with Crippen molar-refractivity contribution in [3.63, 3.8) is 0 Å². The second-order valence-electron chi connectivity index (χ2n) is 11.7. The molecule has 4 aliphatic rings. The van der Waals surface area contributed by atoms with Gasteiger partial charge < -0.3 is 15.2 Å². The number of nitrogens with zero attached hydrogens (tertiary/aromatic N) is 3. The highest BCUT2D eigenvalue weighted by Crippen LogP contribution is 2.36. The third-order valence-electron chi connectivity index (χ3n) is 8.44. The van der Waals surface area contributed by atoms with Gasteiger partial charge in [0.15, 0.2) is 0 Å². The molecule has 1 aromatic rings. The van der Waals surface area contributed by atoms with Crippen molar-refractivity contribution in [3.8, 4) is 0 Å². The molecule has 5 rings (SSSR count). The first-order valence-electron chi connectivity index (χ1n) is 13.5. The van der Waals surface area contributed by atoms with Gasteiger partial charge in [0.1, 0.15) is 22.3 Å². The lowest BCUT2D eigenvalue weighted by atomic mass is 9.82. The molecule has 0 aromatic heterocycles. The number of hydrogen-bond acceptors (Lipinski definition) is 6. The van der Waals surface area contributed by atoms with E-state index in [0.29, 0.717) is 37.5 Å². The van der Waals surface area contributed by atoms with E-state index >= 15 is 0 Å². The van der Waals surface area contributed by atoms with Gasteiger partial charge in [0, 0.05) is 19.0 Å². The first kappa shape index (κ1) is 26.9. The molecule has 0 unspecified atom stereocenters. The first-order valence-corrected chi connectivity index (χ1v) is 14.7. The van der Waals surface area contributed by atoms with Crippen LogP contribution in [0, 0.1) is 18.8 Å². The monoisotopic (exact) mass is 539 g/mol. The molecule has 3 aliphatic heterocycles. The summed E-state index contributed by atoms with van der Waals surface area (Å²) >= 11 is -1.35. The van der Waals surface area contributed by atoms with Crippen molar-refractivity contribution in [2.75, 3.05) is 18.0 Å². The lowest BCUT2D eigenvalue weighted by molar-refractivity contribution is -0.125. The number of amides is 4. The number of amidine groups is 1. The van der Waals surface area contributed by atoms with Crippen LogP contribution in [0.25, 0.3) is 6.08 Å². The molecule has 1 spiro atoms. The highest BCUT2D eigenvalue weighted by Gasteiger charge is 2.48. The number of nitrogens with one attached hydrogen (secondary N) is 2. The number of rotatable bonds is 5. The summed E-state index contributed by atoms with van der Waals surface area (Å²) in [5.74, 6) is 1.66. The largest absolute Gasteiger partial charge is 0.593 e. The van der Waals surface area contributed by atoms with E-state index in [-0.39, 0.29) is 11.8 Å². The number of hydrogen-bond donors (Lipinski definition) is 2. The molecule has 0 bridgehead atoms. The minimum absolute atomic E-state index is 0.00337. The third-order valence-corrected chi connectivity index (χ3v) is 9.68. The SMILES string of the molecule is Cc1cc(N2C(=O)NC(C)(C)C2=O)ccc1/C=C/[S@+]([O-])N1CCC2(CC1)N=C(C1CCC(C)CC1)NC2=O. The Hall–Kier alpha value is -2.69. The molecule has 1 atom stereocenters. The molecule has 4 amide bonds. The van der Waals surface area contributed by atoms with Crippen LogP contribution in [0.1, 0.15) is 70.4 Å². The molecule has 1 saturated carbocycles. The maximum absolute atomic E-state index is 13.1. The van der Waals surface area contributed by atoms with Gasteiger partial charge in [-0.3, -0.25) is 14.6 Å². The van der Waals surface area contributed by atoms with Crippen molar-refractivity contribution < 1.29 is 18.9 Å². The first-order chi connectivity index (χ1) is 18.0. The van der Waals surface area contributed by atoms with Crippen LogP contribution < -0.4 is 15.5 Å². The van der Waals surface area contributed by atoms with E-state index < -0.39 is 28.5 Å². The lowest BCUT2D eigenvalue weighted by Crippen LogP contribution is -2.50. The highest BCUT2D eigenvalue weighted by molar-refractivity contribution is 7.92. The van der Waals surface area contributed by atoms with E-state index in [4.69, 9.17) is 4.99 Å². The molecular formula is C28H37N5O4S. The van der Waals surface area contributed by atoms with E-state index in [1.54, 1.807) is 37.5 Å². The molecular weight excluding hydrogens is 502 g/mol. The van der Waals surface area contributed by atoms with Crippen LogP contribution >= 0.6 is 0 Å². The number of carbonyl (C=O) groups excluding carboxylic acids is 3. The van der Waals surface area contributed by atoms with Crippen molar-refractivity contribution in [1.82, 2.24) is 14.9 Å². The van der Waals surface area contributed by atoms with Crippen LogP contribution in [0.5, 0.6) is 0 Å². The molecule has 3 fully saturated rings. The van der Waals surface area contributed by atoms with Crippen LogP contribution in [-0.2, 0) is 21.0 Å². The molecule has 10 heteroatoms. The fourth-order valence-electron chi connectivity index (χ4n) is 5.83. The normalized spacial score (nSPS) is 28.1. The maximum Gasteiger partial charge on any atom is 0.329 e. The van der Waals surface area contributed by atoms with Gasteiger partial charge >= 0.3 is 6.03 Å². The topological polar surface area (TPSA) is 117 Å². The van der Waals surface area contributed by atoms with E-state index in [1.165, 1.54) is 12.8 Å². The number of carbonyl (C=O) groups is 3. The van der Waals surface area contributed by atoms with Gasteiger partial charge in [0.05, 0.1) is 17.0 Å². The number of anilines is 1. The molecule has 1 aromatic carbocycles. The zero-order valence-electron chi connectivity index (χ0n) is 22.6. The van der Waals surface area contributed by atoms with Crippen molar-refractivity contribution in [1.29, 1.82) is 0 Å². The van der Waals surface area contributed by atoms with Gasteiger partial charge in [-0.25, -0.2) is 9.69 Å². The predicted octanol–water partition coefficient (Wildman–Crippen LogP) is 3.65. The van der Waals surface area contributed by atoms with Crippen LogP contribution in [-0.4, -0.2) is 56.7 Å². The second-order valence-corrected chi connectivity index (χ2v) is 13.0. The van der Waals surface area contributed by atoms with Crippen molar-refractivity contribution in [2.45, 2.75) is 77.3 Å². The Balaban J connectivity index is 1.20. The Labute approximate surface area is 227 Å².